The number of benzene rings is 4. The number of aliphatic hydroxyl groups excluding tert-OH is 1. The Hall–Kier alpha value is -5.03. The molecule has 248 valence electrons. The van der Waals surface area contributed by atoms with Crippen LogP contribution in [0.4, 0.5) is 4.79 Å². The Morgan fingerprint density at radius 3 is 2.29 bits per heavy atom. The van der Waals surface area contributed by atoms with Gasteiger partial charge in [-0.05, 0) is 34.4 Å². The molecule has 5 unspecified atom stereocenters. The number of hydrogen-bond donors (Lipinski definition) is 3. The molecule has 2 amide bonds. The van der Waals surface area contributed by atoms with Crippen molar-refractivity contribution in [2.75, 3.05) is 7.11 Å². The minimum absolute atomic E-state index is 0.0140. The van der Waals surface area contributed by atoms with Gasteiger partial charge in [0.2, 0.25) is 0 Å². The third-order valence-electron chi connectivity index (χ3n) is 8.81. The van der Waals surface area contributed by atoms with Gasteiger partial charge in [-0.1, -0.05) is 97.9 Å². The molecule has 5 aromatic rings. The highest BCUT2D eigenvalue weighted by Gasteiger charge is 2.38. The minimum atomic E-state index is -0.816. The monoisotopic (exact) mass is 648 g/mol. The quantitative estimate of drug-likeness (QED) is 0.159. The summed E-state index contributed by atoms with van der Waals surface area (Å²) in [6.07, 6.45) is 1.10. The van der Waals surface area contributed by atoms with Gasteiger partial charge in [-0.25, -0.2) is 14.6 Å². The standard InChI is InChI=1S/C38H40N4O6/c1-25-34(22-42-24-40-31-10-6-7-11-33(31)42)47-37(48-35(25)29-16-14-28(23-43)15-17-29)30-18-12-27(13-19-30)21-39-38(45)41-32(36(44)46-2)20-26-8-4-3-5-9-26/h3-19,24-25,32,34-35,37,43H,20-23H2,1-2H3,(H2,39,41,45). The van der Waals surface area contributed by atoms with Gasteiger partial charge in [-0.2, -0.15) is 0 Å². The van der Waals surface area contributed by atoms with Crippen molar-refractivity contribution in [3.63, 3.8) is 0 Å². The van der Waals surface area contributed by atoms with Crippen LogP contribution in [0.1, 0.15) is 47.1 Å². The molecule has 1 aliphatic rings. The van der Waals surface area contributed by atoms with E-state index in [1.165, 1.54) is 7.11 Å². The molecule has 5 atom stereocenters. The van der Waals surface area contributed by atoms with E-state index in [-0.39, 0.29) is 31.3 Å². The summed E-state index contributed by atoms with van der Waals surface area (Å²) in [6, 6.07) is 31.8. The fraction of sp³-hybridized carbons (Fsp3) is 0.289. The second kappa shape index (κ2) is 15.2. The number of hydrogen-bond acceptors (Lipinski definition) is 7. The molecule has 3 N–H and O–H groups in total. The van der Waals surface area contributed by atoms with E-state index in [2.05, 4.69) is 33.2 Å². The molecular formula is C38H40N4O6. The molecule has 0 spiro atoms. The van der Waals surface area contributed by atoms with E-state index in [1.54, 1.807) is 0 Å². The summed E-state index contributed by atoms with van der Waals surface area (Å²) in [5, 5.41) is 15.1. The van der Waals surface area contributed by atoms with Crippen LogP contribution in [0.15, 0.2) is 109 Å². The molecule has 0 aliphatic carbocycles. The van der Waals surface area contributed by atoms with Crippen LogP contribution in [0.2, 0.25) is 0 Å². The molecular weight excluding hydrogens is 608 g/mol. The Balaban J connectivity index is 1.14. The average molecular weight is 649 g/mol. The Kier molecular flexibility index (Phi) is 10.4. The van der Waals surface area contributed by atoms with Crippen LogP contribution in [-0.2, 0) is 45.1 Å². The summed E-state index contributed by atoms with van der Waals surface area (Å²) in [6.45, 7) is 2.96. The van der Waals surface area contributed by atoms with E-state index >= 15 is 0 Å². The molecule has 2 heterocycles. The number of aromatic nitrogens is 2. The summed E-state index contributed by atoms with van der Waals surface area (Å²) >= 11 is 0. The molecule has 4 aromatic carbocycles. The van der Waals surface area contributed by atoms with Crippen LogP contribution in [0.5, 0.6) is 0 Å². The van der Waals surface area contributed by atoms with Crippen LogP contribution >= 0.6 is 0 Å². The van der Waals surface area contributed by atoms with E-state index in [4.69, 9.17) is 14.2 Å². The van der Waals surface area contributed by atoms with Crippen molar-refractivity contribution >= 4 is 23.0 Å². The lowest BCUT2D eigenvalue weighted by molar-refractivity contribution is -0.276. The maximum atomic E-state index is 12.8. The van der Waals surface area contributed by atoms with Gasteiger partial charge in [0, 0.05) is 24.4 Å². The number of ether oxygens (including phenoxy) is 3. The second-order valence-electron chi connectivity index (χ2n) is 12.0. The molecule has 10 heteroatoms. The highest BCUT2D eigenvalue weighted by atomic mass is 16.7. The van der Waals surface area contributed by atoms with Gasteiger partial charge in [-0.3, -0.25) is 0 Å². The van der Waals surface area contributed by atoms with Crippen molar-refractivity contribution < 1.29 is 28.9 Å². The van der Waals surface area contributed by atoms with Crippen LogP contribution < -0.4 is 10.6 Å². The number of fused-ring (bicyclic) bond motifs is 1. The number of rotatable bonds is 11. The Morgan fingerprint density at radius 1 is 0.875 bits per heavy atom. The van der Waals surface area contributed by atoms with E-state index in [1.807, 2.05) is 103 Å². The maximum Gasteiger partial charge on any atom is 0.328 e. The average Bonchev–Trinajstić information content (AvgIpc) is 3.54. The minimum Gasteiger partial charge on any atom is -0.467 e. The van der Waals surface area contributed by atoms with Gasteiger partial charge in [0.05, 0.1) is 49.8 Å². The molecule has 1 aromatic heterocycles. The lowest BCUT2D eigenvalue weighted by Crippen LogP contribution is -2.47. The second-order valence-corrected chi connectivity index (χ2v) is 12.0. The van der Waals surface area contributed by atoms with Crippen molar-refractivity contribution in [2.24, 2.45) is 5.92 Å². The number of methoxy groups -OCH3 is 1. The number of nitrogens with zero attached hydrogens (tertiary/aromatic N) is 2. The third-order valence-corrected chi connectivity index (χ3v) is 8.81. The largest absolute Gasteiger partial charge is 0.467 e. The lowest BCUT2D eigenvalue weighted by atomic mass is 9.90. The lowest BCUT2D eigenvalue weighted by Gasteiger charge is -2.41. The maximum absolute atomic E-state index is 12.8. The fourth-order valence-corrected chi connectivity index (χ4v) is 6.05. The SMILES string of the molecule is COC(=O)C(Cc1ccccc1)NC(=O)NCc1ccc(C2OC(Cn3cnc4ccccc43)C(C)C(c3ccc(CO)cc3)O2)cc1. The molecule has 0 bridgehead atoms. The molecule has 1 fully saturated rings. The highest BCUT2D eigenvalue weighted by Crippen LogP contribution is 2.42. The predicted octanol–water partition coefficient (Wildman–Crippen LogP) is 5.60. The van der Waals surface area contributed by atoms with Crippen molar-refractivity contribution in [1.82, 2.24) is 20.2 Å². The molecule has 6 rings (SSSR count). The number of esters is 1. The van der Waals surface area contributed by atoms with Crippen LogP contribution in [0, 0.1) is 5.92 Å². The van der Waals surface area contributed by atoms with Crippen LogP contribution in [0.3, 0.4) is 0 Å². The molecule has 1 saturated heterocycles. The molecule has 48 heavy (non-hydrogen) atoms. The number of imidazole rings is 1. The zero-order chi connectivity index (χ0) is 33.5. The normalized spacial score (nSPS) is 19.8. The van der Waals surface area contributed by atoms with E-state index in [0.29, 0.717) is 13.0 Å². The third kappa shape index (κ3) is 7.74. The van der Waals surface area contributed by atoms with Crippen LogP contribution in [-0.4, -0.2) is 45.9 Å². The zero-order valence-corrected chi connectivity index (χ0v) is 27.0. The number of urea groups is 1. The first-order chi connectivity index (χ1) is 23.4. The van der Waals surface area contributed by atoms with Crippen molar-refractivity contribution in [2.45, 2.75) is 57.6 Å². The molecule has 0 saturated carbocycles. The van der Waals surface area contributed by atoms with Gasteiger partial charge in [-0.15, -0.1) is 0 Å². The number of carbonyl (C=O) groups excluding carboxylic acids is 2. The summed E-state index contributed by atoms with van der Waals surface area (Å²) in [7, 11) is 1.30. The van der Waals surface area contributed by atoms with Gasteiger partial charge < -0.3 is 34.5 Å². The highest BCUT2D eigenvalue weighted by molar-refractivity contribution is 5.83. The topological polar surface area (TPSA) is 124 Å². The molecule has 1 aliphatic heterocycles. The van der Waals surface area contributed by atoms with Crippen LogP contribution in [0.25, 0.3) is 11.0 Å². The first kappa shape index (κ1) is 32.9. The summed E-state index contributed by atoms with van der Waals surface area (Å²) < 4.78 is 20.3. The number of aliphatic hydroxyl groups is 1. The van der Waals surface area contributed by atoms with E-state index in [9.17, 15) is 14.7 Å². The summed E-state index contributed by atoms with van der Waals surface area (Å²) in [5.41, 5.74) is 6.45. The van der Waals surface area contributed by atoms with E-state index < -0.39 is 24.3 Å². The Bertz CT molecular complexity index is 1810. The smallest absolute Gasteiger partial charge is 0.328 e. The van der Waals surface area contributed by atoms with Gasteiger partial charge in [0.25, 0.3) is 0 Å². The Labute approximate surface area is 279 Å². The number of para-hydroxylation sites is 2. The number of nitrogens with one attached hydrogen (secondary N) is 2. The summed E-state index contributed by atoms with van der Waals surface area (Å²) in [5.74, 6) is -0.498. The first-order valence-electron chi connectivity index (χ1n) is 16.1. The fourth-order valence-electron chi connectivity index (χ4n) is 6.05. The van der Waals surface area contributed by atoms with Gasteiger partial charge >= 0.3 is 12.0 Å². The van der Waals surface area contributed by atoms with Crippen molar-refractivity contribution in [1.29, 1.82) is 0 Å². The molecule has 0 radical (unpaired) electrons. The first-order valence-corrected chi connectivity index (χ1v) is 16.1. The Morgan fingerprint density at radius 2 is 1.56 bits per heavy atom. The van der Waals surface area contributed by atoms with Gasteiger partial charge in [0.1, 0.15) is 6.04 Å². The van der Waals surface area contributed by atoms with Gasteiger partial charge in [0.15, 0.2) is 6.29 Å². The molecule has 10 nitrogen and oxygen atoms in total. The number of amides is 2. The summed E-state index contributed by atoms with van der Waals surface area (Å²) in [4.78, 5) is 29.7. The predicted molar refractivity (Wildman–Crippen MR) is 180 cm³/mol. The van der Waals surface area contributed by atoms with E-state index in [0.717, 1.165) is 38.9 Å². The zero-order valence-electron chi connectivity index (χ0n) is 27.0. The van der Waals surface area contributed by atoms with Crippen molar-refractivity contribution in [3.05, 3.63) is 137 Å². The number of carbonyl (C=O) groups is 2. The van der Waals surface area contributed by atoms with Crippen molar-refractivity contribution in [3.8, 4) is 0 Å².